The van der Waals surface area contributed by atoms with Crippen molar-refractivity contribution in [3.63, 3.8) is 0 Å². The Morgan fingerprint density at radius 3 is 2.79 bits per heavy atom. The van der Waals surface area contributed by atoms with Crippen LogP contribution >= 0.6 is 0 Å². The number of pyridine rings is 1. The molecule has 14 heavy (non-hydrogen) atoms. The largest absolute Gasteiger partial charge is 0.299 e. The Morgan fingerprint density at radius 1 is 1.43 bits per heavy atom. The highest BCUT2D eigenvalue weighted by Gasteiger charge is 2.22. The van der Waals surface area contributed by atoms with Gasteiger partial charge in [0.25, 0.3) is 0 Å². The van der Waals surface area contributed by atoms with Gasteiger partial charge in [0.05, 0.1) is 0 Å². The molecule has 0 aliphatic carbocycles. The van der Waals surface area contributed by atoms with Crippen molar-refractivity contribution in [1.82, 2.24) is 9.88 Å². The standard InChI is InChI=1S/C12H18N2/c1-9-7-11(8-13-10(9)2)12-5-4-6-14(12)3/h7-8,12H,4-6H2,1-3H3/t12-/m1/s1. The molecule has 1 atom stereocenters. The van der Waals surface area contributed by atoms with Crippen LogP contribution in [0.1, 0.15) is 35.7 Å². The van der Waals surface area contributed by atoms with E-state index in [2.05, 4.69) is 36.8 Å². The molecule has 1 aromatic heterocycles. The van der Waals surface area contributed by atoms with Gasteiger partial charge in [0.2, 0.25) is 0 Å². The Morgan fingerprint density at radius 2 is 2.21 bits per heavy atom. The number of hydrogen-bond acceptors (Lipinski definition) is 2. The van der Waals surface area contributed by atoms with Gasteiger partial charge in [0, 0.05) is 17.9 Å². The zero-order valence-electron chi connectivity index (χ0n) is 9.25. The second kappa shape index (κ2) is 3.70. The predicted molar refractivity (Wildman–Crippen MR) is 58.3 cm³/mol. The zero-order valence-corrected chi connectivity index (χ0v) is 9.25. The Balaban J connectivity index is 2.28. The summed E-state index contributed by atoms with van der Waals surface area (Å²) >= 11 is 0. The molecule has 0 saturated carbocycles. The van der Waals surface area contributed by atoms with E-state index in [1.54, 1.807) is 0 Å². The number of likely N-dealkylation sites (tertiary alicyclic amines) is 1. The lowest BCUT2D eigenvalue weighted by atomic mass is 10.0. The van der Waals surface area contributed by atoms with Crippen molar-refractivity contribution >= 4 is 0 Å². The predicted octanol–water partition coefficient (Wildman–Crippen LogP) is 2.47. The van der Waals surface area contributed by atoms with Crippen LogP contribution in [0.25, 0.3) is 0 Å². The van der Waals surface area contributed by atoms with Crippen LogP contribution < -0.4 is 0 Å². The maximum Gasteiger partial charge on any atom is 0.0402 e. The van der Waals surface area contributed by atoms with E-state index in [9.17, 15) is 0 Å². The van der Waals surface area contributed by atoms with Crippen LogP contribution in [-0.4, -0.2) is 23.5 Å². The number of nitrogens with zero attached hydrogens (tertiary/aromatic N) is 2. The minimum atomic E-state index is 0.599. The smallest absolute Gasteiger partial charge is 0.0402 e. The Bertz CT molecular complexity index is 333. The summed E-state index contributed by atoms with van der Waals surface area (Å²) in [6.45, 7) is 5.43. The third-order valence-corrected chi connectivity index (χ3v) is 3.27. The number of hydrogen-bond donors (Lipinski definition) is 0. The number of rotatable bonds is 1. The van der Waals surface area contributed by atoms with Crippen molar-refractivity contribution < 1.29 is 0 Å². The first-order valence-corrected chi connectivity index (χ1v) is 5.32. The van der Waals surface area contributed by atoms with Crippen molar-refractivity contribution in [2.45, 2.75) is 32.7 Å². The fraction of sp³-hybridized carbons (Fsp3) is 0.583. The molecule has 1 aliphatic heterocycles. The van der Waals surface area contributed by atoms with Crippen LogP contribution in [0.3, 0.4) is 0 Å². The first kappa shape index (κ1) is 9.66. The molecular formula is C12H18N2. The highest BCUT2D eigenvalue weighted by molar-refractivity contribution is 5.25. The number of aromatic nitrogens is 1. The van der Waals surface area contributed by atoms with E-state index in [4.69, 9.17) is 0 Å². The molecule has 0 aromatic carbocycles. The topological polar surface area (TPSA) is 16.1 Å². The molecule has 0 unspecified atom stereocenters. The summed E-state index contributed by atoms with van der Waals surface area (Å²) in [5.41, 5.74) is 3.84. The summed E-state index contributed by atoms with van der Waals surface area (Å²) in [6, 6.07) is 2.89. The summed E-state index contributed by atoms with van der Waals surface area (Å²) in [4.78, 5) is 6.85. The number of aryl methyl sites for hydroxylation is 2. The minimum Gasteiger partial charge on any atom is -0.299 e. The molecule has 2 heterocycles. The molecule has 1 fully saturated rings. The Kier molecular flexibility index (Phi) is 2.55. The van der Waals surface area contributed by atoms with Gasteiger partial charge in [-0.3, -0.25) is 9.88 Å². The van der Waals surface area contributed by atoms with Crippen molar-refractivity contribution in [2.75, 3.05) is 13.6 Å². The second-order valence-electron chi connectivity index (χ2n) is 4.31. The molecule has 0 radical (unpaired) electrons. The zero-order chi connectivity index (χ0) is 10.1. The molecule has 0 amide bonds. The normalized spacial score (nSPS) is 22.9. The molecule has 76 valence electrons. The first-order chi connectivity index (χ1) is 6.68. The average Bonchev–Trinajstić information content (AvgIpc) is 2.57. The van der Waals surface area contributed by atoms with Gasteiger partial charge in [-0.05, 0) is 51.4 Å². The molecule has 1 aromatic rings. The summed E-state index contributed by atoms with van der Waals surface area (Å²) in [6.07, 6.45) is 4.63. The summed E-state index contributed by atoms with van der Waals surface area (Å²) in [7, 11) is 2.20. The van der Waals surface area contributed by atoms with Crippen molar-refractivity contribution in [3.05, 3.63) is 29.1 Å². The molecule has 2 heteroatoms. The fourth-order valence-corrected chi connectivity index (χ4v) is 2.18. The van der Waals surface area contributed by atoms with E-state index in [0.717, 1.165) is 5.69 Å². The molecule has 0 spiro atoms. The van der Waals surface area contributed by atoms with E-state index in [-0.39, 0.29) is 0 Å². The van der Waals surface area contributed by atoms with Gasteiger partial charge in [-0.2, -0.15) is 0 Å². The van der Waals surface area contributed by atoms with Crippen molar-refractivity contribution in [2.24, 2.45) is 0 Å². The summed E-state index contributed by atoms with van der Waals surface area (Å²) in [5, 5.41) is 0. The Hall–Kier alpha value is -0.890. The van der Waals surface area contributed by atoms with Gasteiger partial charge in [0.1, 0.15) is 0 Å². The fourth-order valence-electron chi connectivity index (χ4n) is 2.18. The minimum absolute atomic E-state index is 0.599. The van der Waals surface area contributed by atoms with Gasteiger partial charge >= 0.3 is 0 Å². The van der Waals surface area contributed by atoms with E-state index >= 15 is 0 Å². The van der Waals surface area contributed by atoms with Gasteiger partial charge in [-0.25, -0.2) is 0 Å². The molecular weight excluding hydrogens is 172 g/mol. The molecule has 0 bridgehead atoms. The quantitative estimate of drug-likeness (QED) is 0.676. The molecule has 2 rings (SSSR count). The summed E-state index contributed by atoms with van der Waals surface area (Å²) < 4.78 is 0. The summed E-state index contributed by atoms with van der Waals surface area (Å²) in [5.74, 6) is 0. The third-order valence-electron chi connectivity index (χ3n) is 3.27. The van der Waals surface area contributed by atoms with Gasteiger partial charge < -0.3 is 0 Å². The van der Waals surface area contributed by atoms with Crippen LogP contribution in [0, 0.1) is 13.8 Å². The van der Waals surface area contributed by atoms with E-state index in [1.165, 1.54) is 30.5 Å². The molecule has 0 N–H and O–H groups in total. The Labute approximate surface area is 86.0 Å². The van der Waals surface area contributed by atoms with Crippen LogP contribution in [0.15, 0.2) is 12.3 Å². The highest BCUT2D eigenvalue weighted by atomic mass is 15.1. The third kappa shape index (κ3) is 1.67. The second-order valence-corrected chi connectivity index (χ2v) is 4.31. The SMILES string of the molecule is Cc1cc([C@H]2CCCN2C)cnc1C. The van der Waals surface area contributed by atoms with Crippen LogP contribution in [0.4, 0.5) is 0 Å². The van der Waals surface area contributed by atoms with E-state index < -0.39 is 0 Å². The van der Waals surface area contributed by atoms with E-state index in [0.29, 0.717) is 6.04 Å². The van der Waals surface area contributed by atoms with Crippen molar-refractivity contribution in [1.29, 1.82) is 0 Å². The molecule has 2 nitrogen and oxygen atoms in total. The van der Waals surface area contributed by atoms with Crippen LogP contribution in [0.5, 0.6) is 0 Å². The van der Waals surface area contributed by atoms with Gasteiger partial charge in [-0.1, -0.05) is 6.07 Å². The van der Waals surface area contributed by atoms with Crippen LogP contribution in [0.2, 0.25) is 0 Å². The van der Waals surface area contributed by atoms with Crippen LogP contribution in [-0.2, 0) is 0 Å². The van der Waals surface area contributed by atoms with Crippen molar-refractivity contribution in [3.8, 4) is 0 Å². The lowest BCUT2D eigenvalue weighted by Gasteiger charge is -2.20. The maximum absolute atomic E-state index is 4.43. The molecule has 1 saturated heterocycles. The lowest BCUT2D eigenvalue weighted by Crippen LogP contribution is -2.17. The van der Waals surface area contributed by atoms with Gasteiger partial charge in [-0.15, -0.1) is 0 Å². The average molecular weight is 190 g/mol. The van der Waals surface area contributed by atoms with Gasteiger partial charge in [0.15, 0.2) is 0 Å². The molecule has 1 aliphatic rings. The first-order valence-electron chi connectivity index (χ1n) is 5.32. The monoisotopic (exact) mass is 190 g/mol. The van der Waals surface area contributed by atoms with E-state index in [1.807, 2.05) is 6.20 Å². The highest BCUT2D eigenvalue weighted by Crippen LogP contribution is 2.30. The maximum atomic E-state index is 4.43. The lowest BCUT2D eigenvalue weighted by molar-refractivity contribution is 0.317.